The standard InChI is InChI=1S/C21H22N2O5/c24-18(23-20(21(26)27)14-5-2-1-3-6-14)7-4-12-28-16-9-10-17-15(13-16)8-11-19(25)22-17/h1-3,5-6,9-10,13,20H,4,7-8,11-12H2,(H,22,25)(H,23,24)(H,26,27)/t20-/m0/s1. The van der Waals surface area contributed by atoms with E-state index in [1.165, 1.54) is 0 Å². The molecule has 0 bridgehead atoms. The van der Waals surface area contributed by atoms with Crippen molar-refractivity contribution in [1.82, 2.24) is 5.32 Å². The van der Waals surface area contributed by atoms with E-state index in [1.54, 1.807) is 36.4 Å². The number of aryl methyl sites for hydroxylation is 1. The summed E-state index contributed by atoms with van der Waals surface area (Å²) in [7, 11) is 0. The highest BCUT2D eigenvalue weighted by Gasteiger charge is 2.21. The second-order valence-corrected chi connectivity index (χ2v) is 6.57. The largest absolute Gasteiger partial charge is 0.494 e. The molecule has 7 nitrogen and oxygen atoms in total. The normalized spacial score (nSPS) is 13.8. The molecule has 2 aromatic rings. The Morgan fingerprint density at radius 1 is 1.14 bits per heavy atom. The fourth-order valence-corrected chi connectivity index (χ4v) is 3.04. The van der Waals surface area contributed by atoms with Crippen molar-refractivity contribution in [2.45, 2.75) is 31.7 Å². The molecule has 1 aliphatic rings. The fraction of sp³-hybridized carbons (Fsp3) is 0.286. The van der Waals surface area contributed by atoms with E-state index in [-0.39, 0.29) is 18.2 Å². The lowest BCUT2D eigenvalue weighted by Gasteiger charge is -2.18. The van der Waals surface area contributed by atoms with Crippen LogP contribution in [0.25, 0.3) is 0 Å². The van der Waals surface area contributed by atoms with Crippen LogP contribution in [0.15, 0.2) is 48.5 Å². The van der Waals surface area contributed by atoms with E-state index in [0.717, 1.165) is 11.3 Å². The molecule has 0 fully saturated rings. The summed E-state index contributed by atoms with van der Waals surface area (Å²) in [6.45, 7) is 0.335. The molecule has 7 heteroatoms. The Morgan fingerprint density at radius 2 is 1.93 bits per heavy atom. The Morgan fingerprint density at radius 3 is 2.68 bits per heavy atom. The third-order valence-corrected chi connectivity index (χ3v) is 4.47. The van der Waals surface area contributed by atoms with E-state index in [2.05, 4.69) is 10.6 Å². The lowest BCUT2D eigenvalue weighted by molar-refractivity contribution is -0.142. The molecule has 3 rings (SSSR count). The molecule has 1 aliphatic heterocycles. The van der Waals surface area contributed by atoms with Crippen LogP contribution in [0.1, 0.15) is 36.4 Å². The summed E-state index contributed by atoms with van der Waals surface area (Å²) in [5.41, 5.74) is 2.37. The number of carbonyl (C=O) groups excluding carboxylic acids is 2. The lowest BCUT2D eigenvalue weighted by atomic mass is 10.0. The topological polar surface area (TPSA) is 105 Å². The van der Waals surface area contributed by atoms with Gasteiger partial charge in [0.25, 0.3) is 0 Å². The SMILES string of the molecule is O=C1CCc2cc(OCCCC(=O)N[C@H](C(=O)O)c3ccccc3)ccc2N1. The van der Waals surface area contributed by atoms with Crippen molar-refractivity contribution in [2.75, 3.05) is 11.9 Å². The number of amides is 2. The number of carboxylic acids is 1. The Kier molecular flexibility index (Phi) is 6.26. The number of anilines is 1. The summed E-state index contributed by atoms with van der Waals surface area (Å²) < 4.78 is 5.68. The number of benzene rings is 2. The number of hydrogen-bond acceptors (Lipinski definition) is 4. The van der Waals surface area contributed by atoms with Gasteiger partial charge in [0.15, 0.2) is 6.04 Å². The molecular weight excluding hydrogens is 360 g/mol. The molecule has 3 N–H and O–H groups in total. The minimum absolute atomic E-state index is 0.0161. The maximum absolute atomic E-state index is 12.1. The molecule has 0 unspecified atom stereocenters. The van der Waals surface area contributed by atoms with E-state index in [9.17, 15) is 19.5 Å². The van der Waals surface area contributed by atoms with Crippen molar-refractivity contribution in [1.29, 1.82) is 0 Å². The Balaban J connectivity index is 1.45. The van der Waals surface area contributed by atoms with Crippen LogP contribution in [0.5, 0.6) is 5.75 Å². The molecule has 2 aromatic carbocycles. The Bertz CT molecular complexity index is 866. The number of carbonyl (C=O) groups is 3. The van der Waals surface area contributed by atoms with Crippen molar-refractivity contribution in [3.05, 3.63) is 59.7 Å². The van der Waals surface area contributed by atoms with Crippen LogP contribution in [0.4, 0.5) is 5.69 Å². The number of ether oxygens (including phenoxy) is 1. The first-order valence-electron chi connectivity index (χ1n) is 9.15. The van der Waals surface area contributed by atoms with E-state index < -0.39 is 12.0 Å². The fourth-order valence-electron chi connectivity index (χ4n) is 3.04. The lowest BCUT2D eigenvalue weighted by Crippen LogP contribution is -2.33. The molecule has 0 saturated carbocycles. The van der Waals surface area contributed by atoms with Crippen LogP contribution < -0.4 is 15.4 Å². The Labute approximate surface area is 162 Å². The minimum atomic E-state index is -1.10. The van der Waals surface area contributed by atoms with Crippen LogP contribution in [-0.4, -0.2) is 29.5 Å². The molecule has 0 spiro atoms. The maximum atomic E-state index is 12.1. The molecule has 0 saturated heterocycles. The van der Waals surface area contributed by atoms with Gasteiger partial charge in [-0.1, -0.05) is 30.3 Å². The van der Waals surface area contributed by atoms with Crippen molar-refractivity contribution in [2.24, 2.45) is 0 Å². The van der Waals surface area contributed by atoms with Gasteiger partial charge in [-0.25, -0.2) is 4.79 Å². The van der Waals surface area contributed by atoms with Crippen LogP contribution >= 0.6 is 0 Å². The first-order valence-corrected chi connectivity index (χ1v) is 9.15. The molecule has 0 aliphatic carbocycles. The smallest absolute Gasteiger partial charge is 0.330 e. The highest BCUT2D eigenvalue weighted by Crippen LogP contribution is 2.26. The number of carboxylic acid groups (broad SMARTS) is 1. The first-order chi connectivity index (χ1) is 13.5. The monoisotopic (exact) mass is 382 g/mol. The van der Waals surface area contributed by atoms with Gasteiger partial charge >= 0.3 is 5.97 Å². The summed E-state index contributed by atoms with van der Waals surface area (Å²) >= 11 is 0. The number of rotatable bonds is 8. The summed E-state index contributed by atoms with van der Waals surface area (Å²) in [6, 6.07) is 13.0. The van der Waals surface area contributed by atoms with E-state index in [0.29, 0.717) is 37.2 Å². The molecular formula is C21H22N2O5. The van der Waals surface area contributed by atoms with Crippen LogP contribution in [0.3, 0.4) is 0 Å². The second kappa shape index (κ2) is 9.03. The number of hydrogen-bond donors (Lipinski definition) is 3. The van der Waals surface area contributed by atoms with Crippen LogP contribution in [0.2, 0.25) is 0 Å². The van der Waals surface area contributed by atoms with Gasteiger partial charge in [-0.15, -0.1) is 0 Å². The molecule has 2 amide bonds. The van der Waals surface area contributed by atoms with Crippen LogP contribution in [0, 0.1) is 0 Å². The average Bonchev–Trinajstić information content (AvgIpc) is 2.70. The number of aliphatic carboxylic acids is 1. The third kappa shape index (κ3) is 5.09. The zero-order chi connectivity index (χ0) is 19.9. The van der Waals surface area contributed by atoms with Gasteiger partial charge in [0.05, 0.1) is 6.61 Å². The zero-order valence-electron chi connectivity index (χ0n) is 15.3. The van der Waals surface area contributed by atoms with Gasteiger partial charge < -0.3 is 20.5 Å². The zero-order valence-corrected chi connectivity index (χ0v) is 15.3. The van der Waals surface area contributed by atoms with Gasteiger partial charge in [0, 0.05) is 18.5 Å². The van der Waals surface area contributed by atoms with Gasteiger partial charge in [-0.3, -0.25) is 9.59 Å². The van der Waals surface area contributed by atoms with Crippen molar-refractivity contribution in [3.63, 3.8) is 0 Å². The van der Waals surface area contributed by atoms with Crippen molar-refractivity contribution < 1.29 is 24.2 Å². The molecule has 28 heavy (non-hydrogen) atoms. The van der Waals surface area contributed by atoms with E-state index >= 15 is 0 Å². The third-order valence-electron chi connectivity index (χ3n) is 4.47. The predicted molar refractivity (Wildman–Crippen MR) is 103 cm³/mol. The molecule has 146 valence electrons. The molecule has 1 atom stereocenters. The quantitative estimate of drug-likeness (QED) is 0.609. The van der Waals surface area contributed by atoms with Gasteiger partial charge in [-0.05, 0) is 42.2 Å². The molecule has 0 aromatic heterocycles. The summed E-state index contributed by atoms with van der Waals surface area (Å²) in [5.74, 6) is -0.740. The summed E-state index contributed by atoms with van der Waals surface area (Å²) in [5, 5.41) is 14.7. The molecule has 0 radical (unpaired) electrons. The van der Waals surface area contributed by atoms with E-state index in [1.807, 2.05) is 12.1 Å². The van der Waals surface area contributed by atoms with Crippen molar-refractivity contribution in [3.8, 4) is 5.75 Å². The average molecular weight is 382 g/mol. The van der Waals surface area contributed by atoms with E-state index in [4.69, 9.17) is 4.74 Å². The predicted octanol–water partition coefficient (Wildman–Crippen LogP) is 2.67. The van der Waals surface area contributed by atoms with Gasteiger partial charge in [-0.2, -0.15) is 0 Å². The summed E-state index contributed by atoms with van der Waals surface area (Å²) in [4.78, 5) is 34.9. The molecule has 1 heterocycles. The highest BCUT2D eigenvalue weighted by atomic mass is 16.5. The number of fused-ring (bicyclic) bond motifs is 1. The summed E-state index contributed by atoms with van der Waals surface area (Å²) in [6.07, 6.45) is 1.76. The maximum Gasteiger partial charge on any atom is 0.330 e. The highest BCUT2D eigenvalue weighted by molar-refractivity contribution is 5.94. The first kappa shape index (κ1) is 19.4. The van der Waals surface area contributed by atoms with Gasteiger partial charge in [0.2, 0.25) is 11.8 Å². The van der Waals surface area contributed by atoms with Crippen LogP contribution in [-0.2, 0) is 20.8 Å². The van der Waals surface area contributed by atoms with Gasteiger partial charge in [0.1, 0.15) is 5.75 Å². The number of nitrogens with one attached hydrogen (secondary N) is 2. The van der Waals surface area contributed by atoms with Crippen molar-refractivity contribution >= 4 is 23.5 Å². The Hall–Kier alpha value is -3.35. The second-order valence-electron chi connectivity index (χ2n) is 6.57. The minimum Gasteiger partial charge on any atom is -0.494 e.